The summed E-state index contributed by atoms with van der Waals surface area (Å²) in [6, 6.07) is 7.29. The van der Waals surface area contributed by atoms with Crippen molar-refractivity contribution in [1.82, 2.24) is 0 Å². The summed E-state index contributed by atoms with van der Waals surface area (Å²) in [6.45, 7) is 0. The normalized spacial score (nSPS) is 23.6. The Morgan fingerprint density at radius 2 is 2.25 bits per heavy atom. The predicted molar refractivity (Wildman–Crippen MR) is 67.2 cm³/mol. The molecule has 2 heterocycles. The molecular formula is C11H9ClN2OS. The highest BCUT2D eigenvalue weighted by atomic mass is 35.5. The molecule has 0 saturated carbocycles. The molecule has 2 aliphatic heterocycles. The van der Waals surface area contributed by atoms with Gasteiger partial charge in [0.05, 0.1) is 22.3 Å². The fourth-order valence-electron chi connectivity index (χ4n) is 1.91. The predicted octanol–water partition coefficient (Wildman–Crippen LogP) is 2.41. The van der Waals surface area contributed by atoms with Gasteiger partial charge in [-0.05, 0) is 12.1 Å². The standard InChI is InChI=1S/C11H9ClN2OS/c12-8-3-1-2-4-10(8)14-11(15)7-5-16-6-9(7)13-14/h1-4,7H,5-6H2. The first-order valence-corrected chi connectivity index (χ1v) is 6.54. The fourth-order valence-corrected chi connectivity index (χ4v) is 3.28. The van der Waals surface area contributed by atoms with Gasteiger partial charge in [-0.25, -0.2) is 0 Å². The van der Waals surface area contributed by atoms with Gasteiger partial charge in [-0.1, -0.05) is 23.7 Å². The maximum absolute atomic E-state index is 12.1. The van der Waals surface area contributed by atoms with E-state index >= 15 is 0 Å². The second kappa shape index (κ2) is 3.79. The van der Waals surface area contributed by atoms with Crippen molar-refractivity contribution >= 4 is 40.7 Å². The number of carbonyl (C=O) groups is 1. The van der Waals surface area contributed by atoms with Crippen LogP contribution in [0.15, 0.2) is 29.4 Å². The summed E-state index contributed by atoms with van der Waals surface area (Å²) < 4.78 is 0. The van der Waals surface area contributed by atoms with Crippen LogP contribution in [-0.2, 0) is 4.79 Å². The van der Waals surface area contributed by atoms with Crippen LogP contribution in [0.25, 0.3) is 0 Å². The van der Waals surface area contributed by atoms with E-state index in [0.29, 0.717) is 10.7 Å². The molecule has 1 aromatic carbocycles. The van der Waals surface area contributed by atoms with E-state index in [4.69, 9.17) is 11.6 Å². The molecule has 3 rings (SSSR count). The monoisotopic (exact) mass is 252 g/mol. The van der Waals surface area contributed by atoms with Crippen LogP contribution in [0.2, 0.25) is 5.02 Å². The van der Waals surface area contributed by atoms with Gasteiger partial charge in [0.2, 0.25) is 0 Å². The minimum Gasteiger partial charge on any atom is -0.272 e. The van der Waals surface area contributed by atoms with Crippen molar-refractivity contribution in [3.8, 4) is 0 Å². The second-order valence-corrected chi connectivity index (χ2v) is 5.20. The third kappa shape index (κ3) is 1.44. The molecule has 1 saturated heterocycles. The molecule has 2 aliphatic rings. The van der Waals surface area contributed by atoms with Gasteiger partial charge in [0.15, 0.2) is 0 Å². The third-order valence-corrected chi connectivity index (χ3v) is 4.14. The molecule has 1 unspecified atom stereocenters. The minimum atomic E-state index is -0.0266. The highest BCUT2D eigenvalue weighted by molar-refractivity contribution is 8.00. The molecule has 1 aromatic rings. The van der Waals surface area contributed by atoms with Crippen LogP contribution >= 0.6 is 23.4 Å². The Morgan fingerprint density at radius 3 is 3.00 bits per heavy atom. The Kier molecular flexibility index (Phi) is 2.41. The molecule has 82 valence electrons. The number of fused-ring (bicyclic) bond motifs is 1. The first kappa shape index (κ1) is 10.2. The van der Waals surface area contributed by atoms with Crippen LogP contribution in [0.1, 0.15) is 0 Å². The van der Waals surface area contributed by atoms with Crippen LogP contribution in [0.4, 0.5) is 5.69 Å². The number of hydrogen-bond acceptors (Lipinski definition) is 3. The Balaban J connectivity index is 2.01. The van der Waals surface area contributed by atoms with Crippen molar-refractivity contribution in [2.75, 3.05) is 16.5 Å². The lowest BCUT2D eigenvalue weighted by molar-refractivity contribution is -0.119. The molecule has 0 spiro atoms. The van der Waals surface area contributed by atoms with Gasteiger partial charge in [0.1, 0.15) is 0 Å². The molecule has 1 atom stereocenters. The second-order valence-electron chi connectivity index (χ2n) is 3.76. The van der Waals surface area contributed by atoms with Crippen LogP contribution in [0.3, 0.4) is 0 Å². The fraction of sp³-hybridized carbons (Fsp3) is 0.273. The van der Waals surface area contributed by atoms with E-state index in [1.54, 1.807) is 17.8 Å². The lowest BCUT2D eigenvalue weighted by atomic mass is 10.1. The number of nitrogens with zero attached hydrogens (tertiary/aromatic N) is 2. The SMILES string of the molecule is O=C1C2CSCC2=NN1c1ccccc1Cl. The number of amides is 1. The Bertz CT molecular complexity index is 489. The van der Waals surface area contributed by atoms with Gasteiger partial charge >= 0.3 is 0 Å². The van der Waals surface area contributed by atoms with E-state index in [2.05, 4.69) is 5.10 Å². The van der Waals surface area contributed by atoms with Gasteiger partial charge in [0.25, 0.3) is 5.91 Å². The Labute approximate surface area is 102 Å². The van der Waals surface area contributed by atoms with Gasteiger partial charge in [-0.15, -0.1) is 0 Å². The molecule has 0 N–H and O–H groups in total. The van der Waals surface area contributed by atoms with Gasteiger partial charge < -0.3 is 0 Å². The van der Waals surface area contributed by atoms with E-state index in [1.165, 1.54) is 5.01 Å². The Morgan fingerprint density at radius 1 is 1.44 bits per heavy atom. The zero-order valence-corrected chi connectivity index (χ0v) is 9.96. The average molecular weight is 253 g/mol. The lowest BCUT2D eigenvalue weighted by Crippen LogP contribution is -2.27. The van der Waals surface area contributed by atoms with Crippen LogP contribution in [0, 0.1) is 5.92 Å². The molecule has 0 aliphatic carbocycles. The lowest BCUT2D eigenvalue weighted by Gasteiger charge is -2.14. The summed E-state index contributed by atoms with van der Waals surface area (Å²) in [5.74, 6) is 1.73. The smallest absolute Gasteiger partial charge is 0.257 e. The number of carbonyl (C=O) groups excluding carboxylic acids is 1. The zero-order chi connectivity index (χ0) is 11.1. The molecule has 0 radical (unpaired) electrons. The zero-order valence-electron chi connectivity index (χ0n) is 8.39. The van der Waals surface area contributed by atoms with Crippen LogP contribution in [0.5, 0.6) is 0 Å². The topological polar surface area (TPSA) is 32.7 Å². The number of hydrogen-bond donors (Lipinski definition) is 0. The number of benzene rings is 1. The van der Waals surface area contributed by atoms with E-state index in [1.807, 2.05) is 18.2 Å². The maximum Gasteiger partial charge on any atom is 0.257 e. The van der Waals surface area contributed by atoms with E-state index in [9.17, 15) is 4.79 Å². The van der Waals surface area contributed by atoms with Crippen LogP contribution in [-0.4, -0.2) is 23.1 Å². The number of anilines is 1. The van der Waals surface area contributed by atoms with Crippen LogP contribution < -0.4 is 5.01 Å². The molecule has 1 fully saturated rings. The Hall–Kier alpha value is -1.00. The summed E-state index contributed by atoms with van der Waals surface area (Å²) >= 11 is 7.82. The number of halogens is 1. The highest BCUT2D eigenvalue weighted by Gasteiger charge is 2.40. The molecule has 3 nitrogen and oxygen atoms in total. The molecular weight excluding hydrogens is 244 g/mol. The quantitative estimate of drug-likeness (QED) is 0.769. The summed E-state index contributed by atoms with van der Waals surface area (Å²) in [7, 11) is 0. The van der Waals surface area contributed by atoms with Crippen molar-refractivity contribution in [2.24, 2.45) is 11.0 Å². The number of hydrazone groups is 1. The van der Waals surface area contributed by atoms with Gasteiger partial charge in [-0.2, -0.15) is 21.9 Å². The summed E-state index contributed by atoms with van der Waals surface area (Å²) in [5, 5.41) is 6.37. The van der Waals surface area contributed by atoms with Gasteiger partial charge in [-0.3, -0.25) is 4.79 Å². The first-order valence-electron chi connectivity index (χ1n) is 5.01. The van der Waals surface area contributed by atoms with Crippen molar-refractivity contribution in [3.05, 3.63) is 29.3 Å². The van der Waals surface area contributed by atoms with E-state index in [-0.39, 0.29) is 11.8 Å². The molecule has 0 aromatic heterocycles. The summed E-state index contributed by atoms with van der Waals surface area (Å²) in [5.41, 5.74) is 1.66. The maximum atomic E-state index is 12.1. The third-order valence-electron chi connectivity index (χ3n) is 2.75. The molecule has 1 amide bonds. The van der Waals surface area contributed by atoms with Crippen molar-refractivity contribution < 1.29 is 4.79 Å². The largest absolute Gasteiger partial charge is 0.272 e. The average Bonchev–Trinajstić information content (AvgIpc) is 2.83. The van der Waals surface area contributed by atoms with E-state index in [0.717, 1.165) is 17.2 Å². The number of thioether (sulfide) groups is 1. The van der Waals surface area contributed by atoms with Crippen molar-refractivity contribution in [2.45, 2.75) is 0 Å². The highest BCUT2D eigenvalue weighted by Crippen LogP contribution is 2.34. The number of rotatable bonds is 1. The summed E-state index contributed by atoms with van der Waals surface area (Å²) in [4.78, 5) is 12.1. The molecule has 0 bridgehead atoms. The van der Waals surface area contributed by atoms with Crippen molar-refractivity contribution in [1.29, 1.82) is 0 Å². The summed E-state index contributed by atoms with van der Waals surface area (Å²) in [6.07, 6.45) is 0. The first-order chi connectivity index (χ1) is 7.77. The minimum absolute atomic E-state index is 0.0266. The number of para-hydroxylation sites is 1. The molecule has 16 heavy (non-hydrogen) atoms. The molecule has 5 heteroatoms. The van der Waals surface area contributed by atoms with Gasteiger partial charge in [0, 0.05) is 11.5 Å². The van der Waals surface area contributed by atoms with Crippen molar-refractivity contribution in [3.63, 3.8) is 0 Å². The van der Waals surface area contributed by atoms with E-state index < -0.39 is 0 Å².